The molecular formula is C17H22N4O2. The molecule has 1 saturated carbocycles. The zero-order valence-electron chi connectivity index (χ0n) is 13.4. The number of nitrogens with two attached hydrogens (primary N) is 1. The Labute approximate surface area is 135 Å². The van der Waals surface area contributed by atoms with Gasteiger partial charge < -0.3 is 10.8 Å². The molecule has 0 bridgehead atoms. The smallest absolute Gasteiger partial charge is 0.316 e. The summed E-state index contributed by atoms with van der Waals surface area (Å²) in [6, 6.07) is 5.59. The third kappa shape index (κ3) is 2.43. The van der Waals surface area contributed by atoms with Gasteiger partial charge in [-0.15, -0.1) is 0 Å². The molecule has 2 aromatic rings. The van der Waals surface area contributed by atoms with Crippen molar-refractivity contribution in [2.45, 2.75) is 25.7 Å². The quantitative estimate of drug-likeness (QED) is 0.848. The van der Waals surface area contributed by atoms with Crippen molar-refractivity contribution in [1.29, 1.82) is 0 Å². The molecule has 0 aromatic carbocycles. The van der Waals surface area contributed by atoms with Crippen LogP contribution in [-0.2, 0) is 10.2 Å². The number of aliphatic carboxylic acids is 1. The molecule has 6 nitrogen and oxygen atoms in total. The van der Waals surface area contributed by atoms with Gasteiger partial charge in [0.15, 0.2) is 0 Å². The SMILES string of the molecule is C[C@H](CN)CC1[C@H](C)C1(C(=O)O)c1cn(-c2ccccn2)cn1. The van der Waals surface area contributed by atoms with Crippen molar-refractivity contribution in [1.82, 2.24) is 14.5 Å². The number of imidazole rings is 1. The van der Waals surface area contributed by atoms with Crippen molar-refractivity contribution in [3.05, 3.63) is 42.6 Å². The molecule has 0 amide bonds. The summed E-state index contributed by atoms with van der Waals surface area (Å²) in [5.41, 5.74) is 5.41. The first kappa shape index (κ1) is 15.7. The molecule has 1 aliphatic carbocycles. The Balaban J connectivity index is 1.92. The lowest BCUT2D eigenvalue weighted by Gasteiger charge is -2.12. The first-order valence-electron chi connectivity index (χ1n) is 7.91. The average Bonchev–Trinajstić information content (AvgIpc) is 2.92. The monoisotopic (exact) mass is 314 g/mol. The molecular weight excluding hydrogens is 292 g/mol. The van der Waals surface area contributed by atoms with E-state index in [2.05, 4.69) is 16.9 Å². The van der Waals surface area contributed by atoms with E-state index in [9.17, 15) is 9.90 Å². The third-order valence-corrected chi connectivity index (χ3v) is 5.13. The first-order valence-corrected chi connectivity index (χ1v) is 7.91. The third-order valence-electron chi connectivity index (χ3n) is 5.13. The maximum absolute atomic E-state index is 12.0. The van der Waals surface area contributed by atoms with E-state index in [0.717, 1.165) is 12.2 Å². The summed E-state index contributed by atoms with van der Waals surface area (Å²) in [7, 11) is 0. The largest absolute Gasteiger partial charge is 0.481 e. The molecule has 0 aliphatic heterocycles. The minimum absolute atomic E-state index is 0.0566. The molecule has 2 heterocycles. The summed E-state index contributed by atoms with van der Waals surface area (Å²) in [5.74, 6) is 0.366. The van der Waals surface area contributed by atoms with Gasteiger partial charge in [-0.05, 0) is 42.9 Å². The molecule has 3 N–H and O–H groups in total. The van der Waals surface area contributed by atoms with E-state index in [1.54, 1.807) is 23.3 Å². The normalized spacial score (nSPS) is 27.6. The molecule has 2 unspecified atom stereocenters. The standard InChI is InChI=1S/C17H22N4O2/c1-11(8-18)7-13-12(2)17(13,16(22)23)14-9-21(10-20-14)15-5-3-4-6-19-15/h3-6,9-13H,7-8,18H2,1-2H3,(H,22,23)/t11-,12-,13?,17?/m0/s1. The molecule has 1 fully saturated rings. The fourth-order valence-electron chi connectivity index (χ4n) is 3.62. The van der Waals surface area contributed by atoms with Crippen LogP contribution in [0.1, 0.15) is 26.0 Å². The maximum atomic E-state index is 12.0. The summed E-state index contributed by atoms with van der Waals surface area (Å²) in [6.07, 6.45) is 5.94. The first-order chi connectivity index (χ1) is 11.0. The van der Waals surface area contributed by atoms with E-state index < -0.39 is 11.4 Å². The second-order valence-electron chi connectivity index (χ2n) is 6.50. The van der Waals surface area contributed by atoms with Crippen molar-refractivity contribution in [3.63, 3.8) is 0 Å². The van der Waals surface area contributed by atoms with E-state index in [1.807, 2.05) is 25.1 Å². The van der Waals surface area contributed by atoms with Crippen molar-refractivity contribution in [2.24, 2.45) is 23.5 Å². The summed E-state index contributed by atoms with van der Waals surface area (Å²) < 4.78 is 1.77. The zero-order chi connectivity index (χ0) is 16.6. The van der Waals surface area contributed by atoms with Gasteiger partial charge in [0.1, 0.15) is 17.6 Å². The highest BCUT2D eigenvalue weighted by Gasteiger charge is 2.69. The summed E-state index contributed by atoms with van der Waals surface area (Å²) in [5, 5.41) is 9.87. The molecule has 23 heavy (non-hydrogen) atoms. The number of rotatable bonds is 6. The lowest BCUT2D eigenvalue weighted by molar-refractivity contribution is -0.141. The predicted octanol–water partition coefficient (Wildman–Crippen LogP) is 1.84. The van der Waals surface area contributed by atoms with Crippen molar-refractivity contribution in [2.75, 3.05) is 6.54 Å². The number of nitrogens with zero attached hydrogens (tertiary/aromatic N) is 3. The molecule has 3 rings (SSSR count). The number of aromatic nitrogens is 3. The predicted molar refractivity (Wildman–Crippen MR) is 86.2 cm³/mol. The van der Waals surface area contributed by atoms with Gasteiger partial charge in [-0.2, -0.15) is 0 Å². The number of carboxylic acids is 1. The van der Waals surface area contributed by atoms with Crippen LogP contribution in [-0.4, -0.2) is 32.2 Å². The highest BCUT2D eigenvalue weighted by molar-refractivity contribution is 5.86. The van der Waals surface area contributed by atoms with Crippen LogP contribution in [0.15, 0.2) is 36.9 Å². The van der Waals surface area contributed by atoms with Crippen LogP contribution >= 0.6 is 0 Å². The van der Waals surface area contributed by atoms with Gasteiger partial charge in [0.05, 0.1) is 5.69 Å². The Morgan fingerprint density at radius 2 is 2.26 bits per heavy atom. The Morgan fingerprint density at radius 3 is 2.87 bits per heavy atom. The van der Waals surface area contributed by atoms with Gasteiger partial charge in [-0.25, -0.2) is 9.97 Å². The van der Waals surface area contributed by atoms with Crippen molar-refractivity contribution < 1.29 is 9.90 Å². The molecule has 122 valence electrons. The second kappa shape index (κ2) is 5.77. The minimum atomic E-state index is -0.899. The highest BCUT2D eigenvalue weighted by atomic mass is 16.4. The Kier molecular flexibility index (Phi) is 3.93. The average molecular weight is 314 g/mol. The maximum Gasteiger partial charge on any atom is 0.316 e. The number of hydrogen-bond donors (Lipinski definition) is 2. The summed E-state index contributed by atoms with van der Waals surface area (Å²) in [6.45, 7) is 4.62. The number of carboxylic acid groups (broad SMARTS) is 1. The van der Waals surface area contributed by atoms with Crippen LogP contribution in [0.25, 0.3) is 5.82 Å². The van der Waals surface area contributed by atoms with Gasteiger partial charge >= 0.3 is 5.97 Å². The molecule has 0 radical (unpaired) electrons. The highest BCUT2D eigenvalue weighted by Crippen LogP contribution is 2.62. The molecule has 1 aliphatic rings. The zero-order valence-corrected chi connectivity index (χ0v) is 13.4. The van der Waals surface area contributed by atoms with E-state index in [0.29, 0.717) is 18.2 Å². The Hall–Kier alpha value is -2.21. The fraction of sp³-hybridized carbons (Fsp3) is 0.471. The number of pyridine rings is 1. The molecule has 2 aromatic heterocycles. The molecule has 0 saturated heterocycles. The molecule has 6 heteroatoms. The van der Waals surface area contributed by atoms with E-state index in [4.69, 9.17) is 5.73 Å². The Bertz CT molecular complexity index is 700. The summed E-state index contributed by atoms with van der Waals surface area (Å²) in [4.78, 5) is 20.7. The number of hydrogen-bond acceptors (Lipinski definition) is 4. The summed E-state index contributed by atoms with van der Waals surface area (Å²) >= 11 is 0. The van der Waals surface area contributed by atoms with Gasteiger partial charge in [0.25, 0.3) is 0 Å². The van der Waals surface area contributed by atoms with Crippen LogP contribution in [0.5, 0.6) is 0 Å². The van der Waals surface area contributed by atoms with E-state index in [1.165, 1.54) is 0 Å². The van der Waals surface area contributed by atoms with E-state index >= 15 is 0 Å². The fourth-order valence-corrected chi connectivity index (χ4v) is 3.62. The minimum Gasteiger partial charge on any atom is -0.481 e. The topological polar surface area (TPSA) is 94.0 Å². The van der Waals surface area contributed by atoms with Gasteiger partial charge in [0, 0.05) is 12.4 Å². The van der Waals surface area contributed by atoms with Crippen LogP contribution in [0.3, 0.4) is 0 Å². The molecule has 0 spiro atoms. The van der Waals surface area contributed by atoms with Crippen molar-refractivity contribution in [3.8, 4) is 5.82 Å². The van der Waals surface area contributed by atoms with Gasteiger partial charge in [0.2, 0.25) is 0 Å². The van der Waals surface area contributed by atoms with Crippen LogP contribution in [0, 0.1) is 17.8 Å². The molecule has 4 atom stereocenters. The van der Waals surface area contributed by atoms with Crippen molar-refractivity contribution >= 4 is 5.97 Å². The van der Waals surface area contributed by atoms with Gasteiger partial charge in [-0.1, -0.05) is 19.9 Å². The number of carbonyl (C=O) groups is 1. The lowest BCUT2D eigenvalue weighted by Crippen LogP contribution is -2.25. The van der Waals surface area contributed by atoms with E-state index in [-0.39, 0.29) is 11.8 Å². The Morgan fingerprint density at radius 1 is 1.48 bits per heavy atom. The second-order valence-corrected chi connectivity index (χ2v) is 6.50. The van der Waals surface area contributed by atoms with Crippen LogP contribution < -0.4 is 5.73 Å². The van der Waals surface area contributed by atoms with Crippen LogP contribution in [0.2, 0.25) is 0 Å². The van der Waals surface area contributed by atoms with Crippen LogP contribution in [0.4, 0.5) is 0 Å². The van der Waals surface area contributed by atoms with Gasteiger partial charge in [-0.3, -0.25) is 9.36 Å². The lowest BCUT2D eigenvalue weighted by atomic mass is 9.94.